The van der Waals surface area contributed by atoms with Crippen molar-refractivity contribution in [1.82, 2.24) is 15.0 Å². The lowest BCUT2D eigenvalue weighted by molar-refractivity contribution is -0.137. The fourth-order valence-electron chi connectivity index (χ4n) is 3.15. The van der Waals surface area contributed by atoms with Gasteiger partial charge in [0.2, 0.25) is 0 Å². The smallest absolute Gasteiger partial charge is 0.419 e. The number of phenols is 1. The van der Waals surface area contributed by atoms with Crippen LogP contribution in [0.15, 0.2) is 60.7 Å². The third-order valence-electron chi connectivity index (χ3n) is 4.65. The van der Waals surface area contributed by atoms with E-state index in [1.54, 1.807) is 42.5 Å². The van der Waals surface area contributed by atoms with Gasteiger partial charge in [-0.2, -0.15) is 13.2 Å². The first-order chi connectivity index (χ1) is 15.1. The molecule has 0 radical (unpaired) electrons. The lowest BCUT2D eigenvalue weighted by Gasteiger charge is -2.13. The molecule has 4 rings (SSSR count). The van der Waals surface area contributed by atoms with Crippen LogP contribution in [0.1, 0.15) is 11.1 Å². The number of hydrogen-bond acceptors (Lipinski definition) is 4. The molecule has 0 bridgehead atoms. The normalized spacial score (nSPS) is 11.6. The quantitative estimate of drug-likeness (QED) is 0.340. The summed E-state index contributed by atoms with van der Waals surface area (Å²) in [4.78, 5) is 13.3. The molecule has 0 unspecified atom stereocenters. The Labute approximate surface area is 191 Å². The summed E-state index contributed by atoms with van der Waals surface area (Å²) >= 11 is 11.8. The van der Waals surface area contributed by atoms with E-state index in [0.29, 0.717) is 11.1 Å². The third-order valence-corrected chi connectivity index (χ3v) is 5.24. The highest BCUT2D eigenvalue weighted by atomic mass is 35.5. The number of aryl methyl sites for hydroxylation is 1. The van der Waals surface area contributed by atoms with Crippen LogP contribution in [0, 0.1) is 6.92 Å². The minimum atomic E-state index is -4.71. The van der Waals surface area contributed by atoms with Crippen molar-refractivity contribution in [3.8, 4) is 39.9 Å². The Balaban J connectivity index is 1.95. The second-order valence-electron chi connectivity index (χ2n) is 7.01. The number of aromatic nitrogens is 3. The van der Waals surface area contributed by atoms with Crippen molar-refractivity contribution < 1.29 is 18.3 Å². The average Bonchev–Trinajstić information content (AvgIpc) is 2.72. The van der Waals surface area contributed by atoms with E-state index in [1.165, 1.54) is 0 Å². The summed E-state index contributed by atoms with van der Waals surface area (Å²) in [6.07, 6.45) is -4.71. The zero-order valence-electron chi connectivity index (χ0n) is 16.5. The van der Waals surface area contributed by atoms with E-state index in [2.05, 4.69) is 15.0 Å². The van der Waals surface area contributed by atoms with E-state index in [9.17, 15) is 18.3 Å². The highest BCUT2D eigenvalue weighted by Gasteiger charge is 2.36. The fraction of sp³-hybridized carbons (Fsp3) is 0.0870. The molecule has 0 aliphatic heterocycles. The van der Waals surface area contributed by atoms with Crippen LogP contribution >= 0.6 is 23.2 Å². The molecule has 4 aromatic rings. The summed E-state index contributed by atoms with van der Waals surface area (Å²) in [5.74, 6) is 0.451. The number of phenolic OH excluding ortho intramolecular Hbond substituents is 1. The Morgan fingerprint density at radius 1 is 0.750 bits per heavy atom. The van der Waals surface area contributed by atoms with Gasteiger partial charge in [0.1, 0.15) is 5.75 Å². The Kier molecular flexibility index (Phi) is 5.79. The third kappa shape index (κ3) is 4.40. The molecule has 32 heavy (non-hydrogen) atoms. The van der Waals surface area contributed by atoms with Gasteiger partial charge in [-0.05, 0) is 36.8 Å². The van der Waals surface area contributed by atoms with E-state index < -0.39 is 21.8 Å². The summed E-state index contributed by atoms with van der Waals surface area (Å²) < 4.78 is 39.8. The molecule has 4 nitrogen and oxygen atoms in total. The van der Waals surface area contributed by atoms with Gasteiger partial charge in [0.15, 0.2) is 17.5 Å². The standard InChI is InChI=1S/C23H14Cl2F3N3O/c1-12-7-8-15(18(32)9-12)22-30-20(13-5-3-2-4-6-13)29-21(31-22)14-10-16(24)19(17(25)11-14)23(26,27)28/h2-11,32H,1H3. The predicted octanol–water partition coefficient (Wildman–Crippen LogP) is 7.21. The van der Waals surface area contributed by atoms with Crippen LogP contribution in [-0.4, -0.2) is 20.1 Å². The highest BCUT2D eigenvalue weighted by molar-refractivity contribution is 6.36. The average molecular weight is 476 g/mol. The molecule has 0 saturated carbocycles. The van der Waals surface area contributed by atoms with Crippen LogP contribution in [0.25, 0.3) is 34.2 Å². The van der Waals surface area contributed by atoms with Crippen LogP contribution < -0.4 is 0 Å². The van der Waals surface area contributed by atoms with Crippen molar-refractivity contribution in [2.45, 2.75) is 13.1 Å². The molecule has 0 amide bonds. The Hall–Kier alpha value is -3.16. The van der Waals surface area contributed by atoms with Crippen molar-refractivity contribution in [2.75, 3.05) is 0 Å². The van der Waals surface area contributed by atoms with Gasteiger partial charge in [0.25, 0.3) is 0 Å². The molecule has 0 saturated heterocycles. The maximum atomic E-state index is 13.3. The maximum Gasteiger partial charge on any atom is 0.419 e. The van der Waals surface area contributed by atoms with Crippen molar-refractivity contribution in [3.05, 3.63) is 81.8 Å². The topological polar surface area (TPSA) is 58.9 Å². The molecule has 0 spiro atoms. The van der Waals surface area contributed by atoms with Crippen LogP contribution in [0.4, 0.5) is 13.2 Å². The van der Waals surface area contributed by atoms with E-state index in [0.717, 1.165) is 17.7 Å². The van der Waals surface area contributed by atoms with Gasteiger partial charge in [0, 0.05) is 11.1 Å². The molecule has 0 atom stereocenters. The zero-order chi connectivity index (χ0) is 23.0. The van der Waals surface area contributed by atoms with E-state index in [-0.39, 0.29) is 28.8 Å². The van der Waals surface area contributed by atoms with Crippen LogP contribution in [0.3, 0.4) is 0 Å². The second-order valence-corrected chi connectivity index (χ2v) is 7.82. The van der Waals surface area contributed by atoms with Gasteiger partial charge in [-0.1, -0.05) is 59.6 Å². The number of rotatable bonds is 3. The number of hydrogen-bond donors (Lipinski definition) is 1. The van der Waals surface area contributed by atoms with Crippen LogP contribution in [0.2, 0.25) is 10.0 Å². The second kappa shape index (κ2) is 8.41. The van der Waals surface area contributed by atoms with Crippen molar-refractivity contribution in [2.24, 2.45) is 0 Å². The molecule has 0 aliphatic carbocycles. The Morgan fingerprint density at radius 2 is 1.31 bits per heavy atom. The van der Waals surface area contributed by atoms with Gasteiger partial charge >= 0.3 is 6.18 Å². The van der Waals surface area contributed by atoms with Crippen LogP contribution in [-0.2, 0) is 6.18 Å². The molecule has 0 aliphatic rings. The SMILES string of the molecule is Cc1ccc(-c2nc(-c3ccccc3)nc(-c3cc(Cl)c(C(F)(F)F)c(Cl)c3)n2)c(O)c1. The van der Waals surface area contributed by atoms with Crippen molar-refractivity contribution >= 4 is 23.2 Å². The monoisotopic (exact) mass is 475 g/mol. The predicted molar refractivity (Wildman–Crippen MR) is 118 cm³/mol. The fourth-order valence-corrected chi connectivity index (χ4v) is 3.85. The first-order valence-corrected chi connectivity index (χ1v) is 10.1. The molecule has 1 aromatic heterocycles. The van der Waals surface area contributed by atoms with Crippen molar-refractivity contribution in [1.29, 1.82) is 0 Å². The first-order valence-electron chi connectivity index (χ1n) is 9.31. The molecule has 1 N–H and O–H groups in total. The highest BCUT2D eigenvalue weighted by Crippen LogP contribution is 2.42. The van der Waals surface area contributed by atoms with E-state index in [4.69, 9.17) is 23.2 Å². The number of aromatic hydroxyl groups is 1. The van der Waals surface area contributed by atoms with Gasteiger partial charge in [0.05, 0.1) is 21.2 Å². The summed E-state index contributed by atoms with van der Waals surface area (Å²) in [5, 5.41) is 9.28. The molecular weight excluding hydrogens is 462 g/mol. The molecule has 1 heterocycles. The van der Waals surface area contributed by atoms with E-state index in [1.807, 2.05) is 13.0 Å². The Bertz CT molecular complexity index is 1290. The number of nitrogens with zero attached hydrogens (tertiary/aromatic N) is 3. The largest absolute Gasteiger partial charge is 0.507 e. The minimum Gasteiger partial charge on any atom is -0.507 e. The van der Waals surface area contributed by atoms with Gasteiger partial charge in [-0.25, -0.2) is 15.0 Å². The lowest BCUT2D eigenvalue weighted by Crippen LogP contribution is -2.07. The zero-order valence-corrected chi connectivity index (χ0v) is 18.0. The molecule has 0 fully saturated rings. The number of alkyl halides is 3. The van der Waals surface area contributed by atoms with Crippen LogP contribution in [0.5, 0.6) is 5.75 Å². The van der Waals surface area contributed by atoms with Gasteiger partial charge in [-0.15, -0.1) is 0 Å². The molecule has 9 heteroatoms. The summed E-state index contributed by atoms with van der Waals surface area (Å²) in [6, 6.07) is 16.2. The first kappa shape index (κ1) is 22.0. The van der Waals surface area contributed by atoms with Gasteiger partial charge in [-0.3, -0.25) is 0 Å². The molecule has 162 valence electrons. The summed E-state index contributed by atoms with van der Waals surface area (Å²) in [6.45, 7) is 1.82. The summed E-state index contributed by atoms with van der Waals surface area (Å²) in [7, 11) is 0. The molecular formula is C23H14Cl2F3N3O. The lowest BCUT2D eigenvalue weighted by atomic mass is 10.1. The molecule has 3 aromatic carbocycles. The number of benzene rings is 3. The maximum absolute atomic E-state index is 13.3. The van der Waals surface area contributed by atoms with Crippen molar-refractivity contribution in [3.63, 3.8) is 0 Å². The number of halogens is 5. The summed E-state index contributed by atoms with van der Waals surface area (Å²) in [5.41, 5.74) is 0.900. The van der Waals surface area contributed by atoms with E-state index >= 15 is 0 Å². The minimum absolute atomic E-state index is 0.0374. The van der Waals surface area contributed by atoms with Gasteiger partial charge < -0.3 is 5.11 Å². The Morgan fingerprint density at radius 3 is 1.88 bits per heavy atom.